The van der Waals surface area contributed by atoms with Crippen LogP contribution in [-0.4, -0.2) is 42.3 Å². The van der Waals surface area contributed by atoms with Crippen LogP contribution in [0, 0.1) is 13.8 Å². The van der Waals surface area contributed by atoms with Gasteiger partial charge in [0.15, 0.2) is 0 Å². The summed E-state index contributed by atoms with van der Waals surface area (Å²) in [4.78, 5) is 16.0. The molecule has 1 aliphatic heterocycles. The number of thiophene rings is 1. The molecule has 0 atom stereocenters. The van der Waals surface area contributed by atoms with E-state index in [1.54, 1.807) is 0 Å². The van der Waals surface area contributed by atoms with Gasteiger partial charge in [-0.3, -0.25) is 4.79 Å². The molecular weight excluding hydrogens is 276 g/mol. The second kappa shape index (κ2) is 5.38. The Morgan fingerprint density at radius 1 is 1.30 bits per heavy atom. The average Bonchev–Trinajstić information content (AvgIpc) is 3.06. The summed E-state index contributed by atoms with van der Waals surface area (Å²) in [6, 6.07) is 3.84. The Morgan fingerprint density at radius 2 is 2.05 bits per heavy atom. The van der Waals surface area contributed by atoms with Crippen LogP contribution in [0.3, 0.4) is 0 Å². The van der Waals surface area contributed by atoms with Crippen LogP contribution in [0.15, 0.2) is 16.7 Å². The predicted molar refractivity (Wildman–Crippen MR) is 76.0 cm³/mol. The number of ether oxygens (including phenoxy) is 1. The van der Waals surface area contributed by atoms with Crippen molar-refractivity contribution in [3.05, 3.63) is 28.5 Å². The van der Waals surface area contributed by atoms with E-state index >= 15 is 0 Å². The van der Waals surface area contributed by atoms with Crippen LogP contribution < -0.4 is 0 Å². The average molecular weight is 292 g/mol. The van der Waals surface area contributed by atoms with E-state index in [1.165, 1.54) is 11.3 Å². The van der Waals surface area contributed by atoms with E-state index in [0.29, 0.717) is 26.3 Å². The molecule has 0 spiro atoms. The van der Waals surface area contributed by atoms with Gasteiger partial charge in [0, 0.05) is 18.0 Å². The lowest BCUT2D eigenvalue weighted by molar-refractivity contribution is 0.0306. The number of rotatable bonds is 2. The largest absolute Gasteiger partial charge is 0.378 e. The Balaban J connectivity index is 1.85. The van der Waals surface area contributed by atoms with Crippen LogP contribution in [0.25, 0.3) is 10.4 Å². The summed E-state index contributed by atoms with van der Waals surface area (Å²) in [5.41, 5.74) is 1.85. The lowest BCUT2D eigenvalue weighted by atomic mass is 10.2. The highest BCUT2D eigenvalue weighted by atomic mass is 32.1. The number of morpholine rings is 1. The number of aryl methyl sites for hydroxylation is 2. The van der Waals surface area contributed by atoms with Gasteiger partial charge in [-0.15, -0.1) is 11.3 Å². The molecule has 0 N–H and O–H groups in total. The Hall–Kier alpha value is -1.66. The van der Waals surface area contributed by atoms with E-state index in [4.69, 9.17) is 9.26 Å². The molecule has 0 radical (unpaired) electrons. The summed E-state index contributed by atoms with van der Waals surface area (Å²) in [7, 11) is 0. The van der Waals surface area contributed by atoms with Gasteiger partial charge in [0.1, 0.15) is 5.76 Å². The Bertz CT molecular complexity index is 607. The number of aromatic nitrogens is 1. The first-order valence-corrected chi connectivity index (χ1v) is 7.38. The number of nitrogens with zero attached hydrogens (tertiary/aromatic N) is 2. The third-order valence-corrected chi connectivity index (χ3v) is 4.49. The van der Waals surface area contributed by atoms with Crippen LogP contribution in [-0.2, 0) is 4.74 Å². The molecule has 3 heterocycles. The van der Waals surface area contributed by atoms with Crippen molar-refractivity contribution in [3.8, 4) is 10.4 Å². The first-order valence-electron chi connectivity index (χ1n) is 6.57. The molecule has 20 heavy (non-hydrogen) atoms. The maximum Gasteiger partial charge on any atom is 0.264 e. The summed E-state index contributed by atoms with van der Waals surface area (Å²) in [5.74, 6) is 0.867. The van der Waals surface area contributed by atoms with Gasteiger partial charge in [-0.1, -0.05) is 5.16 Å². The topological polar surface area (TPSA) is 55.6 Å². The molecule has 1 aliphatic rings. The summed E-state index contributed by atoms with van der Waals surface area (Å²) >= 11 is 1.49. The summed E-state index contributed by atoms with van der Waals surface area (Å²) in [6.07, 6.45) is 0. The minimum atomic E-state index is 0.0799. The highest BCUT2D eigenvalue weighted by Gasteiger charge is 2.21. The molecule has 6 heteroatoms. The zero-order chi connectivity index (χ0) is 14.1. The first-order chi connectivity index (χ1) is 9.66. The van der Waals surface area contributed by atoms with Crippen LogP contribution in [0.1, 0.15) is 21.1 Å². The molecule has 1 fully saturated rings. The zero-order valence-electron chi connectivity index (χ0n) is 11.5. The number of hydrogen-bond acceptors (Lipinski definition) is 5. The highest BCUT2D eigenvalue weighted by molar-refractivity contribution is 7.17. The van der Waals surface area contributed by atoms with Crippen molar-refractivity contribution >= 4 is 17.2 Å². The van der Waals surface area contributed by atoms with Crippen molar-refractivity contribution in [1.82, 2.24) is 10.1 Å². The first kappa shape index (κ1) is 13.3. The Labute approximate surface area is 121 Å². The lowest BCUT2D eigenvalue weighted by Gasteiger charge is -2.26. The van der Waals surface area contributed by atoms with Crippen LogP contribution in [0.5, 0.6) is 0 Å². The SMILES string of the molecule is Cc1noc(C)c1-c1ccc(C(=O)N2CCOCC2)s1. The van der Waals surface area contributed by atoms with Gasteiger partial charge in [-0.2, -0.15) is 0 Å². The van der Waals surface area contributed by atoms with E-state index < -0.39 is 0 Å². The number of amides is 1. The van der Waals surface area contributed by atoms with Gasteiger partial charge in [-0.05, 0) is 26.0 Å². The van der Waals surface area contributed by atoms with Gasteiger partial charge in [0.25, 0.3) is 5.91 Å². The monoisotopic (exact) mass is 292 g/mol. The van der Waals surface area contributed by atoms with Crippen molar-refractivity contribution in [2.75, 3.05) is 26.3 Å². The van der Waals surface area contributed by atoms with E-state index in [9.17, 15) is 4.79 Å². The van der Waals surface area contributed by atoms with E-state index in [1.807, 2.05) is 30.9 Å². The molecule has 1 saturated heterocycles. The van der Waals surface area contributed by atoms with Crippen LogP contribution in [0.4, 0.5) is 0 Å². The molecule has 2 aromatic heterocycles. The number of carbonyl (C=O) groups excluding carboxylic acids is 1. The van der Waals surface area contributed by atoms with E-state index in [-0.39, 0.29) is 5.91 Å². The summed E-state index contributed by atoms with van der Waals surface area (Å²) < 4.78 is 10.5. The fourth-order valence-electron chi connectivity index (χ4n) is 2.34. The molecule has 0 unspecified atom stereocenters. The third kappa shape index (κ3) is 2.36. The summed E-state index contributed by atoms with van der Waals surface area (Å²) in [6.45, 7) is 6.37. The van der Waals surface area contributed by atoms with Crippen molar-refractivity contribution in [2.45, 2.75) is 13.8 Å². The maximum atomic E-state index is 12.4. The Morgan fingerprint density at radius 3 is 2.70 bits per heavy atom. The standard InChI is InChI=1S/C14H16N2O3S/c1-9-13(10(2)19-15-9)11-3-4-12(20-11)14(17)16-5-7-18-8-6-16/h3-4H,5-8H2,1-2H3. The quantitative estimate of drug-likeness (QED) is 0.853. The predicted octanol–water partition coefficient (Wildman–Crippen LogP) is 2.49. The van der Waals surface area contributed by atoms with Gasteiger partial charge in [0.05, 0.1) is 29.3 Å². The molecule has 5 nitrogen and oxygen atoms in total. The van der Waals surface area contributed by atoms with Gasteiger partial charge < -0.3 is 14.2 Å². The molecule has 106 valence electrons. The minimum Gasteiger partial charge on any atom is -0.378 e. The third-order valence-electron chi connectivity index (χ3n) is 3.39. The minimum absolute atomic E-state index is 0.0799. The number of hydrogen-bond donors (Lipinski definition) is 0. The number of carbonyl (C=O) groups is 1. The molecular formula is C14H16N2O3S. The molecule has 0 saturated carbocycles. The zero-order valence-corrected chi connectivity index (χ0v) is 12.3. The maximum absolute atomic E-state index is 12.4. The Kier molecular flexibility index (Phi) is 3.58. The second-order valence-electron chi connectivity index (χ2n) is 4.77. The van der Waals surface area contributed by atoms with E-state index in [2.05, 4.69) is 5.16 Å². The van der Waals surface area contributed by atoms with Crippen molar-refractivity contribution < 1.29 is 14.1 Å². The molecule has 0 bridgehead atoms. The van der Waals surface area contributed by atoms with E-state index in [0.717, 1.165) is 26.8 Å². The van der Waals surface area contributed by atoms with Gasteiger partial charge >= 0.3 is 0 Å². The molecule has 2 aromatic rings. The second-order valence-corrected chi connectivity index (χ2v) is 5.85. The highest BCUT2D eigenvalue weighted by Crippen LogP contribution is 2.33. The van der Waals surface area contributed by atoms with Gasteiger partial charge in [-0.25, -0.2) is 0 Å². The smallest absolute Gasteiger partial charge is 0.264 e. The molecule has 3 rings (SSSR count). The van der Waals surface area contributed by atoms with Crippen molar-refractivity contribution in [3.63, 3.8) is 0 Å². The van der Waals surface area contributed by atoms with Crippen molar-refractivity contribution in [1.29, 1.82) is 0 Å². The molecule has 0 aliphatic carbocycles. The molecule has 1 amide bonds. The molecule has 0 aromatic carbocycles. The van der Waals surface area contributed by atoms with Gasteiger partial charge in [0.2, 0.25) is 0 Å². The van der Waals surface area contributed by atoms with Crippen molar-refractivity contribution in [2.24, 2.45) is 0 Å². The van der Waals surface area contributed by atoms with Crippen LogP contribution in [0.2, 0.25) is 0 Å². The van der Waals surface area contributed by atoms with Crippen LogP contribution >= 0.6 is 11.3 Å². The summed E-state index contributed by atoms with van der Waals surface area (Å²) in [5, 5.41) is 3.96. The lowest BCUT2D eigenvalue weighted by Crippen LogP contribution is -2.40. The fraction of sp³-hybridized carbons (Fsp3) is 0.429. The normalized spacial score (nSPS) is 15.6. The fourth-order valence-corrected chi connectivity index (χ4v) is 3.46.